The molecule has 0 aliphatic carbocycles. The Kier molecular flexibility index (Phi) is 6.06. The van der Waals surface area contributed by atoms with Crippen molar-refractivity contribution in [3.8, 4) is 5.75 Å². The van der Waals surface area contributed by atoms with E-state index >= 15 is 0 Å². The number of sulfonamides is 1. The molecule has 0 atom stereocenters. The van der Waals surface area contributed by atoms with Gasteiger partial charge >= 0.3 is 0 Å². The monoisotopic (exact) mass is 403 g/mol. The molecular formula is C17H21N7O3S. The van der Waals surface area contributed by atoms with Crippen LogP contribution in [0.2, 0.25) is 0 Å². The van der Waals surface area contributed by atoms with E-state index in [1.807, 2.05) is 37.3 Å². The molecule has 0 saturated heterocycles. The van der Waals surface area contributed by atoms with Gasteiger partial charge in [-0.15, -0.1) is 0 Å². The molecule has 4 N–H and O–H groups in total. The maximum atomic E-state index is 12.0. The van der Waals surface area contributed by atoms with Gasteiger partial charge in [0.25, 0.3) is 10.0 Å². The zero-order valence-corrected chi connectivity index (χ0v) is 16.2. The number of anilines is 3. The summed E-state index contributed by atoms with van der Waals surface area (Å²) in [5, 5.41) is 6.23. The van der Waals surface area contributed by atoms with E-state index in [2.05, 4.69) is 35.3 Å². The Labute approximate surface area is 162 Å². The predicted octanol–water partition coefficient (Wildman–Crippen LogP) is 1.65. The van der Waals surface area contributed by atoms with Crippen LogP contribution < -0.4 is 20.1 Å². The Bertz CT molecular complexity index is 1010. The number of hydrogen-bond donors (Lipinski definition) is 4. The van der Waals surface area contributed by atoms with Crippen LogP contribution in [0, 0.1) is 6.92 Å². The zero-order valence-electron chi connectivity index (χ0n) is 15.4. The Morgan fingerprint density at radius 2 is 1.93 bits per heavy atom. The average Bonchev–Trinajstić information content (AvgIpc) is 3.21. The number of aromatic nitrogens is 4. The van der Waals surface area contributed by atoms with Crippen molar-refractivity contribution >= 4 is 27.5 Å². The Balaban J connectivity index is 1.57. The third kappa shape index (κ3) is 5.18. The van der Waals surface area contributed by atoms with E-state index in [-0.39, 0.29) is 11.6 Å². The molecule has 0 aliphatic heterocycles. The van der Waals surface area contributed by atoms with Gasteiger partial charge in [0.15, 0.2) is 5.03 Å². The summed E-state index contributed by atoms with van der Waals surface area (Å²) in [5.41, 5.74) is 1.63. The topological polar surface area (TPSA) is 134 Å². The van der Waals surface area contributed by atoms with E-state index in [9.17, 15) is 8.42 Å². The van der Waals surface area contributed by atoms with Crippen molar-refractivity contribution in [2.24, 2.45) is 0 Å². The molecule has 2 aromatic heterocycles. The van der Waals surface area contributed by atoms with Crippen LogP contribution in [0.25, 0.3) is 0 Å². The van der Waals surface area contributed by atoms with E-state index in [0.717, 1.165) is 17.1 Å². The lowest BCUT2D eigenvalue weighted by atomic mass is 10.3. The first-order chi connectivity index (χ1) is 13.5. The molecule has 148 valence electrons. The van der Waals surface area contributed by atoms with Gasteiger partial charge in [-0.1, -0.05) is 0 Å². The second-order valence-electron chi connectivity index (χ2n) is 5.81. The summed E-state index contributed by atoms with van der Waals surface area (Å²) in [4.78, 5) is 15.0. The van der Waals surface area contributed by atoms with Gasteiger partial charge < -0.3 is 20.4 Å². The fourth-order valence-electron chi connectivity index (χ4n) is 2.36. The Morgan fingerprint density at radius 1 is 1.14 bits per heavy atom. The second-order valence-corrected chi connectivity index (χ2v) is 7.55. The summed E-state index contributed by atoms with van der Waals surface area (Å²) in [7, 11) is -1.99. The fourth-order valence-corrected chi connectivity index (χ4v) is 3.30. The predicted molar refractivity (Wildman–Crippen MR) is 105 cm³/mol. The van der Waals surface area contributed by atoms with Crippen LogP contribution in [0.3, 0.4) is 0 Å². The molecule has 28 heavy (non-hydrogen) atoms. The maximum Gasteiger partial charge on any atom is 0.257 e. The minimum atomic E-state index is -3.61. The number of nitrogens with one attached hydrogen (secondary N) is 4. The number of imidazole rings is 1. The molecule has 0 spiro atoms. The van der Waals surface area contributed by atoms with E-state index in [1.54, 1.807) is 7.11 Å². The SMILES string of the molecule is COc1ccc(Nc2cc(C)nc(NCCNS(=O)(=O)c3cnc[nH]3)n2)cc1. The van der Waals surface area contributed by atoms with Crippen LogP contribution in [-0.2, 0) is 10.0 Å². The van der Waals surface area contributed by atoms with E-state index in [0.29, 0.717) is 18.3 Å². The van der Waals surface area contributed by atoms with E-state index < -0.39 is 10.0 Å². The summed E-state index contributed by atoms with van der Waals surface area (Å²) in [5.74, 6) is 1.79. The third-order valence-electron chi connectivity index (χ3n) is 3.68. The quantitative estimate of drug-likeness (QED) is 0.396. The van der Waals surface area contributed by atoms with Crippen LogP contribution in [0.15, 0.2) is 47.9 Å². The molecule has 0 aliphatic rings. The van der Waals surface area contributed by atoms with Gasteiger partial charge in [-0.3, -0.25) is 0 Å². The zero-order chi connectivity index (χ0) is 20.0. The van der Waals surface area contributed by atoms with Gasteiger partial charge in [-0.25, -0.2) is 23.1 Å². The molecule has 0 unspecified atom stereocenters. The van der Waals surface area contributed by atoms with E-state index in [1.165, 1.54) is 12.5 Å². The van der Waals surface area contributed by atoms with Crippen LogP contribution in [-0.4, -0.2) is 48.6 Å². The molecule has 2 heterocycles. The summed E-state index contributed by atoms with van der Waals surface area (Å²) in [6, 6.07) is 9.28. The molecule has 10 nitrogen and oxygen atoms in total. The van der Waals surface area contributed by atoms with Crippen molar-refractivity contribution < 1.29 is 13.2 Å². The van der Waals surface area contributed by atoms with Crippen LogP contribution in [0.4, 0.5) is 17.5 Å². The fraction of sp³-hybridized carbons (Fsp3) is 0.235. The highest BCUT2D eigenvalue weighted by Crippen LogP contribution is 2.19. The molecule has 0 bridgehead atoms. The lowest BCUT2D eigenvalue weighted by Gasteiger charge is -2.11. The third-order valence-corrected chi connectivity index (χ3v) is 5.07. The highest BCUT2D eigenvalue weighted by Gasteiger charge is 2.14. The largest absolute Gasteiger partial charge is 0.497 e. The number of benzene rings is 1. The normalized spacial score (nSPS) is 11.2. The number of H-pyrrole nitrogens is 1. The van der Waals surface area contributed by atoms with Crippen molar-refractivity contribution in [1.82, 2.24) is 24.7 Å². The van der Waals surface area contributed by atoms with E-state index in [4.69, 9.17) is 4.74 Å². The first-order valence-electron chi connectivity index (χ1n) is 8.45. The molecule has 11 heteroatoms. The lowest BCUT2D eigenvalue weighted by Crippen LogP contribution is -2.29. The minimum absolute atomic E-state index is 0.0188. The van der Waals surface area contributed by atoms with Crippen molar-refractivity contribution in [3.05, 3.63) is 48.5 Å². The molecule has 0 radical (unpaired) electrons. The first kappa shape index (κ1) is 19.6. The Morgan fingerprint density at radius 3 is 2.61 bits per heavy atom. The molecule has 3 aromatic rings. The highest BCUT2D eigenvalue weighted by atomic mass is 32.2. The average molecular weight is 403 g/mol. The Hall–Kier alpha value is -3.18. The van der Waals surface area contributed by atoms with Crippen LogP contribution in [0.5, 0.6) is 5.75 Å². The molecule has 1 aromatic carbocycles. The maximum absolute atomic E-state index is 12.0. The summed E-state index contributed by atoms with van der Waals surface area (Å²) in [6.45, 7) is 2.34. The van der Waals surface area contributed by atoms with Crippen molar-refractivity contribution in [1.29, 1.82) is 0 Å². The number of ether oxygens (including phenoxy) is 1. The number of aromatic amines is 1. The van der Waals surface area contributed by atoms with Gasteiger partial charge in [0.2, 0.25) is 5.95 Å². The smallest absolute Gasteiger partial charge is 0.257 e. The molecular weight excluding hydrogens is 382 g/mol. The first-order valence-corrected chi connectivity index (χ1v) is 9.93. The van der Waals surface area contributed by atoms with Crippen LogP contribution in [0.1, 0.15) is 5.69 Å². The standard InChI is InChI=1S/C17H21N7O3S/c1-12-9-15(23-13-3-5-14(27-2)6-4-13)24-17(22-12)19-7-8-21-28(25,26)16-10-18-11-20-16/h3-6,9-11,21H,7-8H2,1-2H3,(H,18,20)(H2,19,22,23,24). The number of aryl methyl sites for hydroxylation is 1. The van der Waals surface area contributed by atoms with Crippen molar-refractivity contribution in [3.63, 3.8) is 0 Å². The van der Waals surface area contributed by atoms with Gasteiger partial charge in [-0.2, -0.15) is 4.98 Å². The highest BCUT2D eigenvalue weighted by molar-refractivity contribution is 7.89. The second kappa shape index (κ2) is 8.67. The van der Waals surface area contributed by atoms with Gasteiger partial charge in [0.05, 0.1) is 19.6 Å². The number of hydrogen-bond acceptors (Lipinski definition) is 8. The summed E-state index contributed by atoms with van der Waals surface area (Å²) < 4.78 is 31.6. The molecule has 0 fully saturated rings. The number of nitrogens with zero attached hydrogens (tertiary/aromatic N) is 3. The summed E-state index contributed by atoms with van der Waals surface area (Å²) in [6.07, 6.45) is 2.56. The summed E-state index contributed by atoms with van der Waals surface area (Å²) >= 11 is 0. The lowest BCUT2D eigenvalue weighted by molar-refractivity contribution is 0.415. The van der Waals surface area contributed by atoms with Gasteiger partial charge in [0, 0.05) is 30.5 Å². The van der Waals surface area contributed by atoms with Crippen molar-refractivity contribution in [2.75, 3.05) is 30.8 Å². The van der Waals surface area contributed by atoms with Gasteiger partial charge in [-0.05, 0) is 31.2 Å². The van der Waals surface area contributed by atoms with Crippen molar-refractivity contribution in [2.45, 2.75) is 11.9 Å². The molecule has 0 saturated carbocycles. The van der Waals surface area contributed by atoms with Gasteiger partial charge in [0.1, 0.15) is 11.6 Å². The number of rotatable bonds is 9. The molecule has 0 amide bonds. The van der Waals surface area contributed by atoms with Crippen LogP contribution >= 0.6 is 0 Å². The number of methoxy groups -OCH3 is 1. The minimum Gasteiger partial charge on any atom is -0.497 e. The molecule has 3 rings (SSSR count).